The van der Waals surface area contributed by atoms with Gasteiger partial charge in [-0.15, -0.1) is 0 Å². The Morgan fingerprint density at radius 3 is 2.62 bits per heavy atom. The fourth-order valence-corrected chi connectivity index (χ4v) is 3.99. The highest BCUT2D eigenvalue weighted by molar-refractivity contribution is 5.82. The van der Waals surface area contributed by atoms with Crippen LogP contribution in [0.3, 0.4) is 0 Å². The van der Waals surface area contributed by atoms with Gasteiger partial charge in [-0.2, -0.15) is 5.10 Å². The topological polar surface area (TPSA) is 38.0 Å². The summed E-state index contributed by atoms with van der Waals surface area (Å²) in [7, 11) is 0. The average molecular weight is 286 g/mol. The number of fused-ring (bicyclic) bond motifs is 1. The number of rotatable bonds is 5. The third kappa shape index (κ3) is 2.48. The minimum atomic E-state index is -0.270. The molecule has 1 N–H and O–H groups in total. The van der Waals surface area contributed by atoms with Crippen molar-refractivity contribution >= 4 is 10.9 Å². The van der Waals surface area contributed by atoms with Crippen molar-refractivity contribution < 1.29 is 5.11 Å². The van der Waals surface area contributed by atoms with E-state index >= 15 is 0 Å². The number of aliphatic hydroxyl groups is 1. The summed E-state index contributed by atoms with van der Waals surface area (Å²) in [5.41, 5.74) is 2.36. The van der Waals surface area contributed by atoms with E-state index in [2.05, 4.69) is 38.1 Å². The molecule has 1 heterocycles. The van der Waals surface area contributed by atoms with E-state index in [1.807, 2.05) is 4.68 Å². The second-order valence-corrected chi connectivity index (χ2v) is 6.42. The van der Waals surface area contributed by atoms with Gasteiger partial charge in [-0.3, -0.25) is 4.68 Å². The molecule has 3 rings (SSSR count). The fraction of sp³-hybridized carbons (Fsp3) is 0.611. The molecule has 0 aliphatic heterocycles. The Hall–Kier alpha value is -1.35. The largest absolute Gasteiger partial charge is 0.392 e. The first-order chi connectivity index (χ1) is 10.2. The maximum Gasteiger partial charge on any atom is 0.0729 e. The molecule has 0 radical (unpaired) electrons. The van der Waals surface area contributed by atoms with E-state index in [4.69, 9.17) is 5.10 Å². The van der Waals surface area contributed by atoms with Crippen molar-refractivity contribution in [2.75, 3.05) is 0 Å². The van der Waals surface area contributed by atoms with Crippen LogP contribution in [0.2, 0.25) is 0 Å². The minimum absolute atomic E-state index is 0.122. The molecule has 0 spiro atoms. The van der Waals surface area contributed by atoms with Gasteiger partial charge in [0.05, 0.1) is 17.3 Å². The quantitative estimate of drug-likeness (QED) is 0.904. The molecule has 1 aromatic carbocycles. The molecule has 1 atom stereocenters. The Morgan fingerprint density at radius 1 is 1.24 bits per heavy atom. The van der Waals surface area contributed by atoms with Crippen molar-refractivity contribution in [2.45, 2.75) is 65.0 Å². The molecule has 21 heavy (non-hydrogen) atoms. The van der Waals surface area contributed by atoms with E-state index in [1.54, 1.807) is 0 Å². The van der Waals surface area contributed by atoms with Crippen molar-refractivity contribution in [3.05, 3.63) is 30.0 Å². The molecule has 1 unspecified atom stereocenters. The summed E-state index contributed by atoms with van der Waals surface area (Å²) >= 11 is 0. The molecule has 114 valence electrons. The van der Waals surface area contributed by atoms with Crippen LogP contribution in [0.15, 0.2) is 24.3 Å². The van der Waals surface area contributed by atoms with Crippen LogP contribution in [-0.2, 0) is 13.0 Å². The van der Waals surface area contributed by atoms with Gasteiger partial charge in [0.25, 0.3) is 0 Å². The lowest BCUT2D eigenvalue weighted by Crippen LogP contribution is -2.34. The highest BCUT2D eigenvalue weighted by Crippen LogP contribution is 2.44. The van der Waals surface area contributed by atoms with Gasteiger partial charge in [0, 0.05) is 18.4 Å². The summed E-state index contributed by atoms with van der Waals surface area (Å²) in [5, 5.41) is 16.8. The monoisotopic (exact) mass is 286 g/mol. The van der Waals surface area contributed by atoms with E-state index in [9.17, 15) is 5.11 Å². The number of benzene rings is 1. The third-order valence-corrected chi connectivity index (χ3v) is 5.43. The van der Waals surface area contributed by atoms with Crippen LogP contribution in [0.4, 0.5) is 0 Å². The summed E-state index contributed by atoms with van der Waals surface area (Å²) in [6.45, 7) is 5.21. The van der Waals surface area contributed by atoms with Crippen molar-refractivity contribution in [3.63, 3.8) is 0 Å². The maximum atomic E-state index is 10.8. The van der Waals surface area contributed by atoms with Gasteiger partial charge in [-0.1, -0.05) is 38.0 Å². The molecule has 2 aromatic rings. The molecule has 1 saturated carbocycles. The first kappa shape index (κ1) is 14.6. The van der Waals surface area contributed by atoms with Crippen molar-refractivity contribution in [1.29, 1.82) is 0 Å². The zero-order valence-corrected chi connectivity index (χ0v) is 13.2. The molecule has 1 fully saturated rings. The molecule has 1 aromatic heterocycles. The van der Waals surface area contributed by atoms with Crippen molar-refractivity contribution in [1.82, 2.24) is 9.78 Å². The second-order valence-electron chi connectivity index (χ2n) is 6.42. The number of hydrogen-bond acceptors (Lipinski definition) is 2. The van der Waals surface area contributed by atoms with Crippen LogP contribution < -0.4 is 0 Å². The normalized spacial score (nSPS) is 19.2. The average Bonchev–Trinajstić information content (AvgIpc) is 3.13. The third-order valence-electron chi connectivity index (χ3n) is 5.43. The number of aliphatic hydroxyl groups excluding tert-OH is 1. The summed E-state index contributed by atoms with van der Waals surface area (Å²) < 4.78 is 2.05. The van der Waals surface area contributed by atoms with E-state index in [1.165, 1.54) is 23.7 Å². The van der Waals surface area contributed by atoms with Gasteiger partial charge in [0.1, 0.15) is 0 Å². The van der Waals surface area contributed by atoms with Crippen LogP contribution >= 0.6 is 0 Å². The summed E-state index contributed by atoms with van der Waals surface area (Å²) in [6, 6.07) is 8.36. The number of hydrogen-bond donors (Lipinski definition) is 1. The van der Waals surface area contributed by atoms with Crippen molar-refractivity contribution in [3.8, 4) is 0 Å². The Bertz CT molecular complexity index is 611. The zero-order chi connectivity index (χ0) is 14.9. The maximum absolute atomic E-state index is 10.8. The second kappa shape index (κ2) is 5.80. The molecule has 3 nitrogen and oxygen atoms in total. The SMILES string of the molecule is CCn1nc(CC(O)C2(CC)CCCC2)c2ccccc21. The van der Waals surface area contributed by atoms with E-state index in [0.717, 1.165) is 31.5 Å². The Morgan fingerprint density at radius 2 is 1.95 bits per heavy atom. The van der Waals surface area contributed by atoms with Crippen LogP contribution in [0, 0.1) is 5.41 Å². The lowest BCUT2D eigenvalue weighted by atomic mass is 9.76. The van der Waals surface area contributed by atoms with E-state index < -0.39 is 0 Å². The molecule has 1 aliphatic carbocycles. The van der Waals surface area contributed by atoms with Gasteiger partial charge in [-0.05, 0) is 37.7 Å². The van der Waals surface area contributed by atoms with Gasteiger partial charge in [-0.25, -0.2) is 0 Å². The molecule has 0 bridgehead atoms. The fourth-order valence-electron chi connectivity index (χ4n) is 3.99. The zero-order valence-electron chi connectivity index (χ0n) is 13.2. The van der Waals surface area contributed by atoms with Gasteiger partial charge >= 0.3 is 0 Å². The van der Waals surface area contributed by atoms with Gasteiger partial charge in [0.2, 0.25) is 0 Å². The first-order valence-corrected chi connectivity index (χ1v) is 8.32. The first-order valence-electron chi connectivity index (χ1n) is 8.32. The van der Waals surface area contributed by atoms with Gasteiger partial charge < -0.3 is 5.11 Å². The standard InChI is InChI=1S/C18H26N2O/c1-3-18(11-7-8-12-18)17(21)13-15-14-9-5-6-10-16(14)20(4-2)19-15/h5-6,9-10,17,21H,3-4,7-8,11-13H2,1-2H3. The minimum Gasteiger partial charge on any atom is -0.392 e. The predicted molar refractivity (Wildman–Crippen MR) is 86.3 cm³/mol. The summed E-state index contributed by atoms with van der Waals surface area (Å²) in [6.07, 6.45) is 6.33. The lowest BCUT2D eigenvalue weighted by molar-refractivity contribution is 0.0252. The predicted octanol–water partition coefficient (Wildman–Crippen LogP) is 3.93. The summed E-state index contributed by atoms with van der Waals surface area (Å²) in [4.78, 5) is 0. The molecule has 1 aliphatic rings. The van der Waals surface area contributed by atoms with Crippen molar-refractivity contribution in [2.24, 2.45) is 5.41 Å². The van der Waals surface area contributed by atoms with Crippen LogP contribution in [-0.4, -0.2) is 21.0 Å². The van der Waals surface area contributed by atoms with E-state index in [-0.39, 0.29) is 11.5 Å². The highest BCUT2D eigenvalue weighted by Gasteiger charge is 2.39. The molecule has 3 heteroatoms. The molecular formula is C18H26N2O. The Labute approximate surface area is 127 Å². The Kier molecular flexibility index (Phi) is 4.03. The van der Waals surface area contributed by atoms with Crippen LogP contribution in [0.1, 0.15) is 51.6 Å². The van der Waals surface area contributed by atoms with E-state index in [0.29, 0.717) is 6.42 Å². The summed E-state index contributed by atoms with van der Waals surface area (Å²) in [5.74, 6) is 0. The lowest BCUT2D eigenvalue weighted by Gasteiger charge is -2.33. The number of aromatic nitrogens is 2. The number of aryl methyl sites for hydroxylation is 1. The van der Waals surface area contributed by atoms with Crippen LogP contribution in [0.25, 0.3) is 10.9 Å². The van der Waals surface area contributed by atoms with Gasteiger partial charge in [0.15, 0.2) is 0 Å². The number of nitrogens with zero attached hydrogens (tertiary/aromatic N) is 2. The smallest absolute Gasteiger partial charge is 0.0729 e. The Balaban J connectivity index is 1.91. The number of para-hydroxylation sites is 1. The van der Waals surface area contributed by atoms with Crippen LogP contribution in [0.5, 0.6) is 0 Å². The molecule has 0 amide bonds. The molecule has 0 saturated heterocycles. The highest BCUT2D eigenvalue weighted by atomic mass is 16.3. The molecular weight excluding hydrogens is 260 g/mol.